The number of carboxylic acid groups (broad SMARTS) is 1. The second kappa shape index (κ2) is 5.12. The van der Waals surface area contributed by atoms with Crippen LogP contribution < -0.4 is 5.32 Å². The molecule has 0 heterocycles. The molecule has 14 heavy (non-hydrogen) atoms. The van der Waals surface area contributed by atoms with Crippen LogP contribution in [0.25, 0.3) is 0 Å². The summed E-state index contributed by atoms with van der Waals surface area (Å²) >= 11 is 0. The lowest BCUT2D eigenvalue weighted by Crippen LogP contribution is -2.28. The van der Waals surface area contributed by atoms with E-state index in [1.54, 1.807) is 13.0 Å². The molecule has 80 valence electrons. The summed E-state index contributed by atoms with van der Waals surface area (Å²) in [5, 5.41) is 21.0. The van der Waals surface area contributed by atoms with Gasteiger partial charge in [-0.2, -0.15) is 0 Å². The van der Waals surface area contributed by atoms with Gasteiger partial charge in [0.15, 0.2) is 0 Å². The van der Waals surface area contributed by atoms with Crippen molar-refractivity contribution in [2.75, 3.05) is 13.1 Å². The first-order chi connectivity index (χ1) is 6.61. The van der Waals surface area contributed by atoms with Crippen molar-refractivity contribution in [2.45, 2.75) is 25.9 Å². The summed E-state index contributed by atoms with van der Waals surface area (Å²) < 4.78 is 0. The van der Waals surface area contributed by atoms with Gasteiger partial charge >= 0.3 is 5.97 Å². The number of carbonyl (C=O) groups is 1. The zero-order valence-electron chi connectivity index (χ0n) is 8.36. The highest BCUT2D eigenvalue weighted by molar-refractivity contribution is 5.85. The van der Waals surface area contributed by atoms with Gasteiger partial charge in [0, 0.05) is 18.7 Å². The molecule has 1 aliphatic carbocycles. The zero-order chi connectivity index (χ0) is 10.6. The molecule has 0 aromatic rings. The molecule has 0 saturated heterocycles. The number of aliphatic hydroxyl groups excluding tert-OH is 1. The molecule has 4 nitrogen and oxygen atoms in total. The maximum atomic E-state index is 10.4. The first-order valence-electron chi connectivity index (χ1n) is 4.90. The molecular weight excluding hydrogens is 182 g/mol. The Morgan fingerprint density at radius 3 is 2.79 bits per heavy atom. The summed E-state index contributed by atoms with van der Waals surface area (Å²) in [6, 6.07) is 0. The van der Waals surface area contributed by atoms with Crippen LogP contribution in [0.2, 0.25) is 0 Å². The molecule has 0 spiro atoms. The van der Waals surface area contributed by atoms with Crippen LogP contribution in [0.5, 0.6) is 0 Å². The van der Waals surface area contributed by atoms with Gasteiger partial charge < -0.3 is 15.5 Å². The first-order valence-corrected chi connectivity index (χ1v) is 4.90. The molecule has 1 rings (SSSR count). The van der Waals surface area contributed by atoms with Gasteiger partial charge in [-0.05, 0) is 25.7 Å². The summed E-state index contributed by atoms with van der Waals surface area (Å²) in [6.45, 7) is 2.61. The summed E-state index contributed by atoms with van der Waals surface area (Å²) in [5.74, 6) is -0.429. The van der Waals surface area contributed by atoms with E-state index < -0.39 is 5.97 Å². The van der Waals surface area contributed by atoms with E-state index in [4.69, 9.17) is 5.11 Å². The second-order valence-electron chi connectivity index (χ2n) is 3.76. The summed E-state index contributed by atoms with van der Waals surface area (Å²) in [4.78, 5) is 10.4. The Labute approximate surface area is 83.6 Å². The lowest BCUT2D eigenvalue weighted by molar-refractivity contribution is -0.132. The van der Waals surface area contributed by atoms with Gasteiger partial charge in [0.1, 0.15) is 0 Å². The quantitative estimate of drug-likeness (QED) is 0.427. The SMILES string of the molecule is CC(=CCNCC(O)C1CC1)C(=O)O. The summed E-state index contributed by atoms with van der Waals surface area (Å²) in [5.41, 5.74) is 0.332. The van der Waals surface area contributed by atoms with E-state index in [0.29, 0.717) is 24.6 Å². The minimum atomic E-state index is -0.894. The van der Waals surface area contributed by atoms with E-state index >= 15 is 0 Å². The van der Waals surface area contributed by atoms with Gasteiger partial charge in [-0.25, -0.2) is 4.79 Å². The summed E-state index contributed by atoms with van der Waals surface area (Å²) in [7, 11) is 0. The molecular formula is C10H17NO3. The molecule has 1 saturated carbocycles. The number of rotatable bonds is 6. The lowest BCUT2D eigenvalue weighted by Gasteiger charge is -2.08. The van der Waals surface area contributed by atoms with Gasteiger partial charge in [0.05, 0.1) is 6.10 Å². The number of hydrogen-bond donors (Lipinski definition) is 3. The van der Waals surface area contributed by atoms with Crippen molar-refractivity contribution in [1.82, 2.24) is 5.32 Å². The standard InChI is InChI=1S/C10H17NO3/c1-7(10(13)14)4-5-11-6-9(12)8-2-3-8/h4,8-9,11-12H,2-3,5-6H2,1H3,(H,13,14). The molecule has 4 heteroatoms. The number of aliphatic hydroxyl groups is 1. The number of carboxylic acids is 1. The van der Waals surface area contributed by atoms with E-state index in [9.17, 15) is 9.90 Å². The van der Waals surface area contributed by atoms with Crippen molar-refractivity contribution < 1.29 is 15.0 Å². The predicted molar refractivity (Wildman–Crippen MR) is 53.0 cm³/mol. The highest BCUT2D eigenvalue weighted by Gasteiger charge is 2.28. The van der Waals surface area contributed by atoms with Crippen molar-refractivity contribution in [3.05, 3.63) is 11.6 Å². The maximum Gasteiger partial charge on any atom is 0.330 e. The van der Waals surface area contributed by atoms with E-state index in [0.717, 1.165) is 12.8 Å². The molecule has 0 aromatic carbocycles. The second-order valence-corrected chi connectivity index (χ2v) is 3.76. The van der Waals surface area contributed by atoms with Crippen LogP contribution in [0.3, 0.4) is 0 Å². The van der Waals surface area contributed by atoms with E-state index in [1.807, 2.05) is 0 Å². The molecule has 1 fully saturated rings. The number of hydrogen-bond acceptors (Lipinski definition) is 3. The zero-order valence-corrected chi connectivity index (χ0v) is 8.36. The van der Waals surface area contributed by atoms with Crippen molar-refractivity contribution in [1.29, 1.82) is 0 Å². The highest BCUT2D eigenvalue weighted by atomic mass is 16.4. The van der Waals surface area contributed by atoms with Crippen LogP contribution >= 0.6 is 0 Å². The third-order valence-electron chi connectivity index (χ3n) is 2.41. The molecule has 0 aromatic heterocycles. The van der Waals surface area contributed by atoms with E-state index in [2.05, 4.69) is 5.32 Å². The van der Waals surface area contributed by atoms with Crippen molar-refractivity contribution in [3.63, 3.8) is 0 Å². The van der Waals surface area contributed by atoms with Crippen molar-refractivity contribution >= 4 is 5.97 Å². The molecule has 0 amide bonds. The third kappa shape index (κ3) is 3.89. The van der Waals surface area contributed by atoms with E-state index in [1.165, 1.54) is 0 Å². The topological polar surface area (TPSA) is 69.6 Å². The Kier molecular flexibility index (Phi) is 4.10. The van der Waals surface area contributed by atoms with Crippen LogP contribution in [-0.4, -0.2) is 35.4 Å². The van der Waals surface area contributed by atoms with Gasteiger partial charge in [-0.15, -0.1) is 0 Å². The van der Waals surface area contributed by atoms with Gasteiger partial charge in [-0.3, -0.25) is 0 Å². The normalized spacial score (nSPS) is 19.4. The Morgan fingerprint density at radius 1 is 1.64 bits per heavy atom. The fraction of sp³-hybridized carbons (Fsp3) is 0.700. The van der Waals surface area contributed by atoms with Crippen LogP contribution in [0.15, 0.2) is 11.6 Å². The lowest BCUT2D eigenvalue weighted by atomic mass is 10.2. The average Bonchev–Trinajstić information content (AvgIpc) is 2.94. The van der Waals surface area contributed by atoms with Crippen LogP contribution in [0, 0.1) is 5.92 Å². The Bertz CT molecular complexity index is 234. The molecule has 0 radical (unpaired) electrons. The fourth-order valence-electron chi connectivity index (χ4n) is 1.19. The van der Waals surface area contributed by atoms with Crippen LogP contribution in [-0.2, 0) is 4.79 Å². The van der Waals surface area contributed by atoms with Gasteiger partial charge in [0.2, 0.25) is 0 Å². The molecule has 3 N–H and O–H groups in total. The largest absolute Gasteiger partial charge is 0.478 e. The molecule has 0 aliphatic heterocycles. The minimum absolute atomic E-state index is 0.270. The molecule has 0 bridgehead atoms. The highest BCUT2D eigenvalue weighted by Crippen LogP contribution is 2.32. The summed E-state index contributed by atoms with van der Waals surface area (Å²) in [6.07, 6.45) is 3.58. The molecule has 1 aliphatic rings. The van der Waals surface area contributed by atoms with Crippen molar-refractivity contribution in [2.24, 2.45) is 5.92 Å². The first kappa shape index (κ1) is 11.2. The van der Waals surface area contributed by atoms with Crippen LogP contribution in [0.1, 0.15) is 19.8 Å². The predicted octanol–water partition coefficient (Wildman–Crippen LogP) is 0.378. The van der Waals surface area contributed by atoms with Gasteiger partial charge in [-0.1, -0.05) is 6.08 Å². The number of aliphatic carboxylic acids is 1. The fourth-order valence-corrected chi connectivity index (χ4v) is 1.19. The average molecular weight is 199 g/mol. The Balaban J connectivity index is 2.08. The van der Waals surface area contributed by atoms with Gasteiger partial charge in [0.25, 0.3) is 0 Å². The minimum Gasteiger partial charge on any atom is -0.478 e. The van der Waals surface area contributed by atoms with Crippen LogP contribution in [0.4, 0.5) is 0 Å². The Hall–Kier alpha value is -0.870. The number of nitrogens with one attached hydrogen (secondary N) is 1. The molecule has 1 atom stereocenters. The smallest absolute Gasteiger partial charge is 0.330 e. The Morgan fingerprint density at radius 2 is 2.29 bits per heavy atom. The van der Waals surface area contributed by atoms with Crippen molar-refractivity contribution in [3.8, 4) is 0 Å². The molecule has 1 unspecified atom stereocenters. The van der Waals surface area contributed by atoms with E-state index in [-0.39, 0.29) is 6.10 Å². The monoisotopic (exact) mass is 199 g/mol. The maximum absolute atomic E-state index is 10.4. The third-order valence-corrected chi connectivity index (χ3v) is 2.41.